The molecule has 0 saturated heterocycles. The van der Waals surface area contributed by atoms with Crippen molar-refractivity contribution in [3.8, 4) is 11.1 Å². The van der Waals surface area contributed by atoms with Gasteiger partial charge in [0, 0.05) is 18.1 Å². The van der Waals surface area contributed by atoms with Gasteiger partial charge in [-0.25, -0.2) is 4.79 Å². The molecule has 0 saturated carbocycles. The van der Waals surface area contributed by atoms with Crippen molar-refractivity contribution in [2.45, 2.75) is 31.7 Å². The molecule has 0 fully saturated rings. The van der Waals surface area contributed by atoms with Crippen molar-refractivity contribution >= 4 is 59.6 Å². The lowest BCUT2D eigenvalue weighted by Gasteiger charge is -2.15. The second-order valence-corrected chi connectivity index (χ2v) is 12.2. The number of carboxylic acids is 1. The monoisotopic (exact) mass is 564 g/mol. The van der Waals surface area contributed by atoms with Crippen molar-refractivity contribution in [1.82, 2.24) is 0 Å². The zero-order valence-electron chi connectivity index (χ0n) is 19.8. The van der Waals surface area contributed by atoms with Gasteiger partial charge in [0.05, 0.1) is 37.6 Å². The first-order chi connectivity index (χ1) is 17.2. The van der Waals surface area contributed by atoms with Crippen molar-refractivity contribution in [2.24, 2.45) is 0 Å². The van der Waals surface area contributed by atoms with Gasteiger partial charge in [-0.2, -0.15) is 21.4 Å². The summed E-state index contributed by atoms with van der Waals surface area (Å²) in [5.74, 6) is -1.66. The number of pyridine rings is 1. The Morgan fingerprint density at radius 2 is 1.59 bits per heavy atom. The number of carbonyl (C=O) groups is 1. The molecule has 0 unspecified atom stereocenters. The molecule has 0 amide bonds. The SMILES string of the molecule is Cc1cc(-c2ccc(S(=O)(=O)O)cc2Cl)c2c(c1)c(C(=O)O)c1ccc(C)cc1[n+]2CCCS(=O)(=O)O. The van der Waals surface area contributed by atoms with Crippen LogP contribution in [-0.2, 0) is 26.8 Å². The van der Waals surface area contributed by atoms with Gasteiger partial charge < -0.3 is 5.11 Å². The summed E-state index contributed by atoms with van der Waals surface area (Å²) < 4.78 is 66.5. The number of aromatic nitrogens is 1. The zero-order valence-corrected chi connectivity index (χ0v) is 22.2. The molecule has 0 bridgehead atoms. The van der Waals surface area contributed by atoms with E-state index in [0.717, 1.165) is 11.6 Å². The van der Waals surface area contributed by atoms with Crippen molar-refractivity contribution in [3.05, 3.63) is 70.2 Å². The minimum absolute atomic E-state index is 0.00715. The minimum atomic E-state index is -4.51. The summed E-state index contributed by atoms with van der Waals surface area (Å²) in [7, 11) is -8.74. The van der Waals surface area contributed by atoms with Crippen molar-refractivity contribution in [1.29, 1.82) is 0 Å². The van der Waals surface area contributed by atoms with Gasteiger partial charge in [0.2, 0.25) is 11.0 Å². The lowest BCUT2D eigenvalue weighted by Crippen LogP contribution is -2.38. The highest BCUT2D eigenvalue weighted by molar-refractivity contribution is 7.86. The van der Waals surface area contributed by atoms with Crippen LogP contribution in [0.4, 0.5) is 0 Å². The first-order valence-electron chi connectivity index (χ1n) is 11.0. The molecule has 1 aromatic heterocycles. The lowest BCUT2D eigenvalue weighted by atomic mass is 9.93. The number of rotatable bonds is 7. The Bertz CT molecular complexity index is 1820. The Labute approximate surface area is 218 Å². The number of aryl methyl sites for hydroxylation is 3. The van der Waals surface area contributed by atoms with Crippen LogP contribution in [0, 0.1) is 13.8 Å². The van der Waals surface area contributed by atoms with Gasteiger partial charge in [0.1, 0.15) is 0 Å². The van der Waals surface area contributed by atoms with E-state index in [4.69, 9.17) is 11.6 Å². The maximum Gasteiger partial charge on any atom is 0.337 e. The van der Waals surface area contributed by atoms with E-state index in [1.165, 1.54) is 12.1 Å². The van der Waals surface area contributed by atoms with E-state index in [2.05, 4.69) is 0 Å². The molecule has 3 aromatic carbocycles. The number of halogens is 1. The number of aromatic carboxylic acids is 1. The van der Waals surface area contributed by atoms with E-state index >= 15 is 0 Å². The molecule has 1 heterocycles. The number of fused-ring (bicyclic) bond motifs is 2. The molecular formula is C25H23ClNO8S2+. The largest absolute Gasteiger partial charge is 0.478 e. The van der Waals surface area contributed by atoms with Gasteiger partial charge >= 0.3 is 5.97 Å². The molecule has 0 aliphatic heterocycles. The van der Waals surface area contributed by atoms with E-state index in [9.17, 15) is 35.8 Å². The highest BCUT2D eigenvalue weighted by Gasteiger charge is 2.28. The molecule has 12 heteroatoms. The van der Waals surface area contributed by atoms with E-state index in [1.54, 1.807) is 41.8 Å². The topological polar surface area (TPSA) is 150 Å². The highest BCUT2D eigenvalue weighted by atomic mass is 35.5. The van der Waals surface area contributed by atoms with Crippen LogP contribution >= 0.6 is 11.6 Å². The van der Waals surface area contributed by atoms with Crippen LogP contribution in [0.2, 0.25) is 5.02 Å². The first kappa shape index (κ1) is 27.0. The maximum absolute atomic E-state index is 12.5. The summed E-state index contributed by atoms with van der Waals surface area (Å²) in [4.78, 5) is 12.1. The molecule has 4 rings (SSSR count). The maximum atomic E-state index is 12.5. The molecule has 0 aliphatic carbocycles. The summed E-state index contributed by atoms with van der Waals surface area (Å²) >= 11 is 6.47. The molecular weight excluding hydrogens is 542 g/mol. The van der Waals surface area contributed by atoms with E-state index in [1.807, 2.05) is 6.92 Å². The Morgan fingerprint density at radius 3 is 2.19 bits per heavy atom. The quantitative estimate of drug-likeness (QED) is 0.169. The van der Waals surface area contributed by atoms with Gasteiger partial charge in [-0.15, -0.1) is 0 Å². The van der Waals surface area contributed by atoms with Gasteiger partial charge in [-0.05, 0) is 55.3 Å². The lowest BCUT2D eigenvalue weighted by molar-refractivity contribution is -0.644. The Balaban J connectivity index is 2.17. The second-order valence-electron chi connectivity index (χ2n) is 8.82. The molecule has 9 nitrogen and oxygen atoms in total. The number of nitrogens with zero attached hydrogens (tertiary/aromatic N) is 1. The number of hydrogen-bond acceptors (Lipinski definition) is 5. The molecule has 3 N–H and O–H groups in total. The third-order valence-corrected chi connectivity index (χ3v) is 8.00. The standard InChI is InChI=1S/C25H22ClNO8S2/c1-14-4-6-18-22(12-14)27(8-3-9-36(30,31)32)24-19(10-15(2)11-20(24)23(18)25(28)29)17-7-5-16(13-21(17)26)37(33,34)35/h4-7,10-13H,3,8-9H2,1-2H3,(H2-,28,29,30,31,32,33,34,35)/p+1. The number of benzene rings is 3. The fourth-order valence-corrected chi connectivity index (χ4v) is 5.90. The van der Waals surface area contributed by atoms with Gasteiger partial charge in [-0.1, -0.05) is 23.7 Å². The zero-order chi connectivity index (χ0) is 27.3. The third kappa shape index (κ3) is 5.46. The Hall–Kier alpha value is -3.09. The normalized spacial score (nSPS) is 12.4. The van der Waals surface area contributed by atoms with Crippen LogP contribution in [0.5, 0.6) is 0 Å². The second kappa shape index (κ2) is 9.66. The summed E-state index contributed by atoms with van der Waals surface area (Å²) in [5.41, 5.74) is 3.45. The van der Waals surface area contributed by atoms with Crippen LogP contribution in [0.15, 0.2) is 53.4 Å². The number of hydrogen-bond donors (Lipinski definition) is 3. The Kier molecular flexibility index (Phi) is 7.04. The fourth-order valence-electron chi connectivity index (χ4n) is 4.55. The smallest absolute Gasteiger partial charge is 0.337 e. The first-order valence-corrected chi connectivity index (χ1v) is 14.5. The molecule has 0 atom stereocenters. The average molecular weight is 565 g/mol. The average Bonchev–Trinajstić information content (AvgIpc) is 2.76. The summed E-state index contributed by atoms with van der Waals surface area (Å²) in [6.45, 7) is 3.73. The minimum Gasteiger partial charge on any atom is -0.478 e. The van der Waals surface area contributed by atoms with Crippen LogP contribution in [-0.4, -0.2) is 42.8 Å². The third-order valence-electron chi connectivity index (χ3n) is 6.03. The summed E-state index contributed by atoms with van der Waals surface area (Å²) in [6, 6.07) is 12.5. The van der Waals surface area contributed by atoms with Crippen molar-refractivity contribution in [3.63, 3.8) is 0 Å². The molecule has 0 spiro atoms. The van der Waals surface area contributed by atoms with Gasteiger partial charge in [-0.3, -0.25) is 9.11 Å². The van der Waals surface area contributed by atoms with Crippen molar-refractivity contribution < 1.29 is 40.4 Å². The molecule has 0 aliphatic rings. The molecule has 0 radical (unpaired) electrons. The van der Waals surface area contributed by atoms with Crippen LogP contribution in [0.3, 0.4) is 0 Å². The fraction of sp³-hybridized carbons (Fsp3) is 0.200. The predicted molar refractivity (Wildman–Crippen MR) is 139 cm³/mol. The van der Waals surface area contributed by atoms with Crippen LogP contribution in [0.1, 0.15) is 27.9 Å². The van der Waals surface area contributed by atoms with E-state index in [0.29, 0.717) is 38.5 Å². The highest BCUT2D eigenvalue weighted by Crippen LogP contribution is 2.37. The van der Waals surface area contributed by atoms with E-state index in [-0.39, 0.29) is 23.6 Å². The van der Waals surface area contributed by atoms with Crippen molar-refractivity contribution in [2.75, 3.05) is 5.75 Å². The number of carboxylic acid groups (broad SMARTS) is 1. The molecule has 194 valence electrons. The van der Waals surface area contributed by atoms with Gasteiger partial charge in [0.15, 0.2) is 6.54 Å². The predicted octanol–water partition coefficient (Wildman–Crippen LogP) is 4.44. The molecule has 37 heavy (non-hydrogen) atoms. The summed E-state index contributed by atoms with van der Waals surface area (Å²) in [6.07, 6.45) is 0.0385. The van der Waals surface area contributed by atoms with Crippen LogP contribution < -0.4 is 4.57 Å². The van der Waals surface area contributed by atoms with E-state index < -0.39 is 36.9 Å². The Morgan fingerprint density at radius 1 is 0.892 bits per heavy atom. The van der Waals surface area contributed by atoms with Gasteiger partial charge in [0.25, 0.3) is 20.2 Å². The summed E-state index contributed by atoms with van der Waals surface area (Å²) in [5, 5.41) is 11.0. The molecule has 4 aromatic rings. The van der Waals surface area contributed by atoms with Crippen LogP contribution in [0.25, 0.3) is 32.9 Å².